The smallest absolute Gasteiger partial charge is 0.149 e. The quantitative estimate of drug-likeness (QED) is 0.535. The van der Waals surface area contributed by atoms with Crippen LogP contribution in [-0.2, 0) is 19.5 Å². The van der Waals surface area contributed by atoms with Gasteiger partial charge in [-0.2, -0.15) is 10.5 Å². The number of nitrogens with zero attached hydrogens (tertiary/aromatic N) is 5. The minimum absolute atomic E-state index is 0.147. The van der Waals surface area contributed by atoms with E-state index in [1.54, 1.807) is 0 Å². The predicted octanol–water partition coefficient (Wildman–Crippen LogP) is 2.98. The molecule has 0 unspecified atom stereocenters. The van der Waals surface area contributed by atoms with Crippen LogP contribution in [0.4, 0.5) is 5.82 Å². The Hall–Kier alpha value is -3.13. The molecule has 2 N–H and O–H groups in total. The molecule has 4 heterocycles. The Bertz CT molecular complexity index is 1090. The molecule has 4 rings (SSSR count). The van der Waals surface area contributed by atoms with Crippen molar-refractivity contribution in [1.82, 2.24) is 19.9 Å². The van der Waals surface area contributed by atoms with Crippen molar-refractivity contribution >= 4 is 28.5 Å². The van der Waals surface area contributed by atoms with Gasteiger partial charge in [0, 0.05) is 43.0 Å². The molecule has 0 radical (unpaired) electrons. The molecular formula is C19H16ClN7. The van der Waals surface area contributed by atoms with Gasteiger partial charge in [0.1, 0.15) is 29.2 Å². The summed E-state index contributed by atoms with van der Waals surface area (Å²) in [7, 11) is 0. The standard InChI is InChI=1S/C19H16ClN7/c20-17-15(8-22)16-11-27(6-2-14(16)19(26-17)24-5-3-21)10-12-7-13-1-4-23-18(13)25-9-12/h1,4,7,9H,2,5-6,10-11H2,(H,23,25)(H,24,26). The summed E-state index contributed by atoms with van der Waals surface area (Å²) in [6.07, 6.45) is 4.49. The maximum Gasteiger partial charge on any atom is 0.149 e. The number of fused-ring (bicyclic) bond motifs is 2. The first kappa shape index (κ1) is 17.3. The zero-order valence-electron chi connectivity index (χ0n) is 14.5. The van der Waals surface area contributed by atoms with Gasteiger partial charge in [-0.3, -0.25) is 4.90 Å². The van der Waals surface area contributed by atoms with Crippen molar-refractivity contribution in [2.24, 2.45) is 0 Å². The molecule has 0 bridgehead atoms. The van der Waals surface area contributed by atoms with Crippen LogP contribution in [0.3, 0.4) is 0 Å². The average Bonchev–Trinajstić information content (AvgIpc) is 3.14. The maximum atomic E-state index is 9.53. The van der Waals surface area contributed by atoms with Crippen LogP contribution >= 0.6 is 11.6 Å². The van der Waals surface area contributed by atoms with Gasteiger partial charge in [-0.1, -0.05) is 11.6 Å². The van der Waals surface area contributed by atoms with Gasteiger partial charge in [0.15, 0.2) is 0 Å². The molecule has 0 saturated carbocycles. The third-order valence-electron chi connectivity index (χ3n) is 4.74. The van der Waals surface area contributed by atoms with Gasteiger partial charge >= 0.3 is 0 Å². The lowest BCUT2D eigenvalue weighted by molar-refractivity contribution is 0.245. The summed E-state index contributed by atoms with van der Waals surface area (Å²) < 4.78 is 0. The topological polar surface area (TPSA) is 104 Å². The fraction of sp³-hybridized carbons (Fsp3) is 0.263. The van der Waals surface area contributed by atoms with E-state index in [2.05, 4.69) is 37.3 Å². The van der Waals surface area contributed by atoms with Crippen LogP contribution in [0.15, 0.2) is 24.5 Å². The van der Waals surface area contributed by atoms with E-state index in [9.17, 15) is 5.26 Å². The molecule has 0 aliphatic carbocycles. The van der Waals surface area contributed by atoms with Crippen LogP contribution in [0.5, 0.6) is 0 Å². The molecule has 0 atom stereocenters. The summed E-state index contributed by atoms with van der Waals surface area (Å²) >= 11 is 6.22. The number of anilines is 1. The number of nitrogens with one attached hydrogen (secondary N) is 2. The van der Waals surface area contributed by atoms with Crippen molar-refractivity contribution in [1.29, 1.82) is 10.5 Å². The number of hydrogen-bond acceptors (Lipinski definition) is 6. The second kappa shape index (κ2) is 7.24. The number of aromatic amines is 1. The summed E-state index contributed by atoms with van der Waals surface area (Å²) in [5.74, 6) is 0.602. The molecule has 134 valence electrons. The molecule has 1 aliphatic heterocycles. The van der Waals surface area contributed by atoms with Crippen LogP contribution in [-0.4, -0.2) is 32.9 Å². The Balaban J connectivity index is 1.62. The fourth-order valence-corrected chi connectivity index (χ4v) is 3.75. The Morgan fingerprint density at radius 3 is 3.04 bits per heavy atom. The van der Waals surface area contributed by atoms with Crippen molar-refractivity contribution in [3.8, 4) is 12.1 Å². The Kier molecular flexibility index (Phi) is 4.64. The second-order valence-electron chi connectivity index (χ2n) is 6.43. The minimum Gasteiger partial charge on any atom is -0.357 e. The first-order valence-corrected chi connectivity index (χ1v) is 8.94. The van der Waals surface area contributed by atoms with Crippen molar-refractivity contribution in [2.45, 2.75) is 19.5 Å². The highest BCUT2D eigenvalue weighted by molar-refractivity contribution is 6.30. The van der Waals surface area contributed by atoms with E-state index < -0.39 is 0 Å². The molecule has 8 heteroatoms. The van der Waals surface area contributed by atoms with Crippen molar-refractivity contribution in [2.75, 3.05) is 18.4 Å². The second-order valence-corrected chi connectivity index (χ2v) is 6.78. The third-order valence-corrected chi connectivity index (χ3v) is 5.01. The first-order chi connectivity index (χ1) is 13.2. The van der Waals surface area contributed by atoms with Gasteiger partial charge in [-0.25, -0.2) is 9.97 Å². The van der Waals surface area contributed by atoms with Gasteiger partial charge < -0.3 is 10.3 Å². The Labute approximate surface area is 161 Å². The van der Waals surface area contributed by atoms with Crippen molar-refractivity contribution in [3.63, 3.8) is 0 Å². The van der Waals surface area contributed by atoms with E-state index in [-0.39, 0.29) is 11.7 Å². The van der Waals surface area contributed by atoms with Gasteiger partial charge in [-0.05, 0) is 29.7 Å². The van der Waals surface area contributed by atoms with Crippen LogP contribution in [0.1, 0.15) is 22.3 Å². The first-order valence-electron chi connectivity index (χ1n) is 8.56. The van der Waals surface area contributed by atoms with E-state index in [4.69, 9.17) is 16.9 Å². The largest absolute Gasteiger partial charge is 0.357 e. The summed E-state index contributed by atoms with van der Waals surface area (Å²) in [4.78, 5) is 14.1. The molecule has 0 amide bonds. The van der Waals surface area contributed by atoms with Crippen LogP contribution < -0.4 is 5.32 Å². The van der Waals surface area contributed by atoms with E-state index >= 15 is 0 Å². The number of halogens is 1. The molecule has 27 heavy (non-hydrogen) atoms. The summed E-state index contributed by atoms with van der Waals surface area (Å²) in [5.41, 5.74) is 4.27. The van der Waals surface area contributed by atoms with E-state index in [1.165, 1.54) is 0 Å². The van der Waals surface area contributed by atoms with Crippen LogP contribution in [0.2, 0.25) is 5.15 Å². The SMILES string of the molecule is N#CCNc1nc(Cl)c(C#N)c2c1CCN(Cc1cnc3[nH]ccc3c1)C2. The summed E-state index contributed by atoms with van der Waals surface area (Å²) in [5, 5.41) is 22.6. The summed E-state index contributed by atoms with van der Waals surface area (Å²) in [6, 6.07) is 8.35. The molecule has 0 saturated heterocycles. The van der Waals surface area contributed by atoms with Crippen LogP contribution in [0.25, 0.3) is 11.0 Å². The molecule has 0 fully saturated rings. The number of H-pyrrole nitrogens is 1. The average molecular weight is 378 g/mol. The summed E-state index contributed by atoms with van der Waals surface area (Å²) in [6.45, 7) is 2.31. The zero-order chi connectivity index (χ0) is 18.8. The number of nitriles is 2. The van der Waals surface area contributed by atoms with E-state index in [0.29, 0.717) is 17.9 Å². The molecule has 3 aromatic heterocycles. The number of hydrogen-bond donors (Lipinski definition) is 2. The highest BCUT2D eigenvalue weighted by Crippen LogP contribution is 2.32. The number of aromatic nitrogens is 3. The van der Waals surface area contributed by atoms with Crippen LogP contribution in [0, 0.1) is 22.7 Å². The molecule has 0 spiro atoms. The molecule has 3 aromatic rings. The van der Waals surface area contributed by atoms with E-state index in [0.717, 1.165) is 47.2 Å². The lowest BCUT2D eigenvalue weighted by Gasteiger charge is -2.30. The number of pyridine rings is 2. The lowest BCUT2D eigenvalue weighted by Crippen LogP contribution is -2.31. The van der Waals surface area contributed by atoms with Crippen molar-refractivity contribution in [3.05, 3.63) is 51.9 Å². The molecule has 0 aromatic carbocycles. The maximum absolute atomic E-state index is 9.53. The minimum atomic E-state index is 0.147. The Morgan fingerprint density at radius 2 is 2.22 bits per heavy atom. The highest BCUT2D eigenvalue weighted by atomic mass is 35.5. The zero-order valence-corrected chi connectivity index (χ0v) is 15.2. The van der Waals surface area contributed by atoms with Crippen molar-refractivity contribution < 1.29 is 0 Å². The number of rotatable bonds is 4. The van der Waals surface area contributed by atoms with Gasteiger partial charge in [0.05, 0.1) is 11.6 Å². The lowest BCUT2D eigenvalue weighted by atomic mass is 9.96. The van der Waals surface area contributed by atoms with E-state index in [1.807, 2.05) is 24.5 Å². The molecule has 1 aliphatic rings. The van der Waals surface area contributed by atoms with Gasteiger partial charge in [-0.15, -0.1) is 0 Å². The third kappa shape index (κ3) is 3.31. The monoisotopic (exact) mass is 377 g/mol. The molecule has 7 nitrogen and oxygen atoms in total. The highest BCUT2D eigenvalue weighted by Gasteiger charge is 2.25. The van der Waals surface area contributed by atoms with Gasteiger partial charge in [0.2, 0.25) is 0 Å². The Morgan fingerprint density at radius 1 is 1.33 bits per heavy atom. The fourth-order valence-electron chi connectivity index (χ4n) is 3.50. The van der Waals surface area contributed by atoms with Gasteiger partial charge in [0.25, 0.3) is 0 Å². The normalized spacial score (nSPS) is 13.7. The molecular weight excluding hydrogens is 362 g/mol. The predicted molar refractivity (Wildman–Crippen MR) is 102 cm³/mol.